The second-order valence-electron chi connectivity index (χ2n) is 7.00. The number of carbonyl (C=O) groups is 3. The lowest BCUT2D eigenvalue weighted by Crippen LogP contribution is -2.31. The number of hydrogen-bond donors (Lipinski definition) is 2. The van der Waals surface area contributed by atoms with Gasteiger partial charge in [0.1, 0.15) is 0 Å². The summed E-state index contributed by atoms with van der Waals surface area (Å²) in [6, 6.07) is 10.7. The lowest BCUT2D eigenvalue weighted by atomic mass is 9.92. The minimum absolute atomic E-state index is 0.147. The van der Waals surface area contributed by atoms with Crippen molar-refractivity contribution in [3.63, 3.8) is 0 Å². The number of nitrogens with zero attached hydrogens (tertiary/aromatic N) is 1. The first-order chi connectivity index (χ1) is 12.5. The molecule has 6 nitrogen and oxygen atoms in total. The number of Topliss-reactive ketones (excluding diaryl/α,β-unsaturated/α-hetero) is 1. The maximum Gasteiger partial charge on any atom is 0.229 e. The normalized spacial score (nSPS) is 26.2. The average molecular weight is 349 g/mol. The molecule has 2 amide bonds. The van der Waals surface area contributed by atoms with Gasteiger partial charge in [-0.15, -0.1) is 0 Å². The Morgan fingerprint density at radius 1 is 1.19 bits per heavy atom. The summed E-state index contributed by atoms with van der Waals surface area (Å²) in [5.41, 5.74) is 1.09. The van der Waals surface area contributed by atoms with Crippen LogP contribution in [0.1, 0.15) is 22.8 Å². The first-order valence-corrected chi connectivity index (χ1v) is 8.65. The van der Waals surface area contributed by atoms with E-state index in [-0.39, 0.29) is 17.6 Å². The summed E-state index contributed by atoms with van der Waals surface area (Å²) in [6.07, 6.45) is 4.08. The third kappa shape index (κ3) is 2.49. The first kappa shape index (κ1) is 16.4. The molecule has 1 fully saturated rings. The van der Waals surface area contributed by atoms with E-state index in [1.807, 2.05) is 12.1 Å². The third-order valence-electron chi connectivity index (χ3n) is 5.46. The molecule has 1 saturated carbocycles. The Balaban J connectivity index is 1.48. The maximum atomic E-state index is 13.0. The van der Waals surface area contributed by atoms with Crippen LogP contribution in [0.4, 0.5) is 5.69 Å². The Labute approximate surface area is 151 Å². The van der Waals surface area contributed by atoms with E-state index < -0.39 is 17.3 Å². The van der Waals surface area contributed by atoms with Crippen LogP contribution in [0.15, 0.2) is 48.8 Å². The van der Waals surface area contributed by atoms with E-state index in [2.05, 4.69) is 15.6 Å². The molecule has 0 radical (unpaired) electrons. The summed E-state index contributed by atoms with van der Waals surface area (Å²) in [6.45, 7) is 2.17. The van der Waals surface area contributed by atoms with E-state index in [1.165, 1.54) is 0 Å². The van der Waals surface area contributed by atoms with Gasteiger partial charge in [0, 0.05) is 24.5 Å². The zero-order valence-corrected chi connectivity index (χ0v) is 14.4. The topological polar surface area (TPSA) is 88.2 Å². The van der Waals surface area contributed by atoms with Crippen molar-refractivity contribution < 1.29 is 14.4 Å². The quantitative estimate of drug-likeness (QED) is 0.881. The van der Waals surface area contributed by atoms with Crippen molar-refractivity contribution in [1.29, 1.82) is 0 Å². The molecule has 26 heavy (non-hydrogen) atoms. The van der Waals surface area contributed by atoms with E-state index >= 15 is 0 Å². The second kappa shape index (κ2) is 6.05. The van der Waals surface area contributed by atoms with Crippen molar-refractivity contribution in [1.82, 2.24) is 10.3 Å². The number of pyridine rings is 1. The van der Waals surface area contributed by atoms with Crippen LogP contribution in [0.3, 0.4) is 0 Å². The van der Waals surface area contributed by atoms with Crippen molar-refractivity contribution in [2.45, 2.75) is 13.3 Å². The Kier molecular flexibility index (Phi) is 3.83. The fourth-order valence-electron chi connectivity index (χ4n) is 3.92. The fraction of sp³-hybridized carbons (Fsp3) is 0.300. The molecule has 1 aromatic carbocycles. The Morgan fingerprint density at radius 2 is 1.92 bits per heavy atom. The van der Waals surface area contributed by atoms with Gasteiger partial charge in [-0.25, -0.2) is 0 Å². The summed E-state index contributed by atoms with van der Waals surface area (Å²) in [5.74, 6) is -1.90. The van der Waals surface area contributed by atoms with Crippen LogP contribution in [0.2, 0.25) is 0 Å². The maximum absolute atomic E-state index is 13.0. The highest BCUT2D eigenvalue weighted by atomic mass is 16.2. The van der Waals surface area contributed by atoms with Gasteiger partial charge in [0.2, 0.25) is 11.8 Å². The van der Waals surface area contributed by atoms with E-state index in [9.17, 15) is 14.4 Å². The van der Waals surface area contributed by atoms with Crippen molar-refractivity contribution in [3.8, 4) is 0 Å². The molecular weight excluding hydrogens is 330 g/mol. The number of anilines is 1. The van der Waals surface area contributed by atoms with Crippen LogP contribution in [-0.2, 0) is 16.0 Å². The van der Waals surface area contributed by atoms with Gasteiger partial charge in [0.15, 0.2) is 5.78 Å². The number of carbonyl (C=O) groups excluding carboxylic acids is 3. The van der Waals surface area contributed by atoms with Gasteiger partial charge < -0.3 is 10.6 Å². The molecule has 2 N–H and O–H groups in total. The minimum atomic E-state index is -0.975. The molecule has 2 aromatic rings. The van der Waals surface area contributed by atoms with Gasteiger partial charge in [-0.3, -0.25) is 19.4 Å². The van der Waals surface area contributed by atoms with Gasteiger partial charge in [-0.05, 0) is 36.2 Å². The van der Waals surface area contributed by atoms with Crippen LogP contribution in [-0.4, -0.2) is 29.1 Å². The predicted molar refractivity (Wildman–Crippen MR) is 95.4 cm³/mol. The Morgan fingerprint density at radius 3 is 2.69 bits per heavy atom. The summed E-state index contributed by atoms with van der Waals surface area (Å²) in [5, 5.41) is 5.66. The van der Waals surface area contributed by atoms with Gasteiger partial charge >= 0.3 is 0 Å². The summed E-state index contributed by atoms with van der Waals surface area (Å²) in [7, 11) is 0. The van der Waals surface area contributed by atoms with Gasteiger partial charge in [0.05, 0.1) is 22.9 Å². The predicted octanol–water partition coefficient (Wildman–Crippen LogP) is 1.83. The number of amides is 2. The SMILES string of the molecule is C[C@]12C(=O)c3ccccc3NC(=O)C1[C@H]2C(=O)NCCc1ccncc1. The lowest BCUT2D eigenvalue weighted by Gasteiger charge is -2.12. The average Bonchev–Trinajstić information content (AvgIpc) is 3.30. The zero-order valence-electron chi connectivity index (χ0n) is 14.4. The Hall–Kier alpha value is -3.02. The molecule has 0 saturated heterocycles. The van der Waals surface area contributed by atoms with E-state index in [1.54, 1.807) is 43.6 Å². The molecule has 2 heterocycles. The molecule has 2 aliphatic rings. The third-order valence-corrected chi connectivity index (χ3v) is 5.46. The summed E-state index contributed by atoms with van der Waals surface area (Å²) < 4.78 is 0. The molecule has 3 atom stereocenters. The number of fused-ring (bicyclic) bond motifs is 2. The van der Waals surface area contributed by atoms with Crippen LogP contribution in [0.25, 0.3) is 0 Å². The van der Waals surface area contributed by atoms with Gasteiger partial charge in [0.25, 0.3) is 0 Å². The number of para-hydroxylation sites is 1. The van der Waals surface area contributed by atoms with Gasteiger partial charge in [-0.1, -0.05) is 19.1 Å². The lowest BCUT2D eigenvalue weighted by molar-refractivity contribution is -0.125. The monoisotopic (exact) mass is 349 g/mol. The Bertz CT molecular complexity index is 896. The van der Waals surface area contributed by atoms with Crippen molar-refractivity contribution in [2.75, 3.05) is 11.9 Å². The fourth-order valence-corrected chi connectivity index (χ4v) is 3.92. The highest BCUT2D eigenvalue weighted by Crippen LogP contribution is 2.62. The molecule has 0 bridgehead atoms. The highest BCUT2D eigenvalue weighted by molar-refractivity contribution is 6.19. The van der Waals surface area contributed by atoms with Crippen molar-refractivity contribution >= 4 is 23.3 Å². The van der Waals surface area contributed by atoms with Crippen LogP contribution in [0, 0.1) is 17.3 Å². The summed E-state index contributed by atoms with van der Waals surface area (Å²) in [4.78, 5) is 42.1. The van der Waals surface area contributed by atoms with Crippen LogP contribution in [0.5, 0.6) is 0 Å². The van der Waals surface area contributed by atoms with E-state index in [0.717, 1.165) is 5.56 Å². The standard InChI is InChI=1S/C20H19N3O3/c1-20-15(18(25)22-11-8-12-6-9-21-10-7-12)16(20)19(26)23-14-5-3-2-4-13(14)17(20)24/h2-7,9-10,15-16H,8,11H2,1H3,(H,22,25)(H,23,26)/t15-,16?,20+/m0/s1. The van der Waals surface area contributed by atoms with Gasteiger partial charge in [-0.2, -0.15) is 0 Å². The zero-order chi connectivity index (χ0) is 18.3. The second-order valence-corrected chi connectivity index (χ2v) is 7.00. The molecule has 0 spiro atoms. The summed E-state index contributed by atoms with van der Waals surface area (Å²) >= 11 is 0. The number of ketones is 1. The first-order valence-electron chi connectivity index (χ1n) is 8.65. The minimum Gasteiger partial charge on any atom is -0.355 e. The van der Waals surface area contributed by atoms with E-state index in [0.29, 0.717) is 24.2 Å². The van der Waals surface area contributed by atoms with E-state index in [4.69, 9.17) is 0 Å². The smallest absolute Gasteiger partial charge is 0.229 e. The molecule has 1 aliphatic carbocycles. The van der Waals surface area contributed by atoms with Crippen molar-refractivity contribution in [3.05, 3.63) is 59.9 Å². The largest absolute Gasteiger partial charge is 0.355 e. The van der Waals surface area contributed by atoms with Crippen LogP contribution >= 0.6 is 0 Å². The number of aromatic nitrogens is 1. The number of rotatable bonds is 4. The molecule has 1 aromatic heterocycles. The molecule has 6 heteroatoms. The highest BCUT2D eigenvalue weighted by Gasteiger charge is 2.73. The molecule has 1 aliphatic heterocycles. The molecule has 132 valence electrons. The van der Waals surface area contributed by atoms with Crippen molar-refractivity contribution in [2.24, 2.45) is 17.3 Å². The number of benzene rings is 1. The number of hydrogen-bond acceptors (Lipinski definition) is 4. The molecule has 4 rings (SSSR count). The number of nitrogens with one attached hydrogen (secondary N) is 2. The molecular formula is C20H19N3O3. The molecule has 1 unspecified atom stereocenters. The van der Waals surface area contributed by atoms with Crippen LogP contribution < -0.4 is 10.6 Å².